The fraction of sp³-hybridized carbons (Fsp3) is 0. The molecule has 0 aliphatic heterocycles. The molecule has 0 spiro atoms. The van der Waals surface area contributed by atoms with Gasteiger partial charge in [0, 0.05) is 12.4 Å². The number of rotatable bonds is 2. The molecule has 0 saturated heterocycles. The first-order valence-electron chi connectivity index (χ1n) is 5.10. The molecule has 0 unspecified atom stereocenters. The summed E-state index contributed by atoms with van der Waals surface area (Å²) in [5.74, 6) is -1.99. The van der Waals surface area contributed by atoms with E-state index < -0.39 is 11.9 Å². The zero-order chi connectivity index (χ0) is 14.3. The number of aromatic nitrogens is 2. The predicted octanol–water partition coefficient (Wildman–Crippen LogP) is 1.14. The van der Waals surface area contributed by atoms with Crippen LogP contribution in [0.15, 0.2) is 42.7 Å². The van der Waals surface area contributed by atoms with Gasteiger partial charge in [-0.3, -0.25) is 0 Å². The molecular weight excluding hydrogens is 250 g/mol. The Bertz CT molecular complexity index is 572. The molecule has 0 atom stereocenters. The Labute approximate surface area is 108 Å². The summed E-state index contributed by atoms with van der Waals surface area (Å²) in [4.78, 5) is 27.6. The van der Waals surface area contributed by atoms with Crippen LogP contribution >= 0.6 is 0 Å². The molecule has 0 bridgehead atoms. The third kappa shape index (κ3) is 4.43. The number of carbonyl (C=O) groups is 2. The first kappa shape index (κ1) is 14.1. The summed E-state index contributed by atoms with van der Waals surface area (Å²) in [7, 11) is 0. The number of anilines is 1. The fourth-order valence-electron chi connectivity index (χ4n) is 1.09. The second-order valence-corrected chi connectivity index (χ2v) is 3.26. The largest absolute Gasteiger partial charge is 0.478 e. The van der Waals surface area contributed by atoms with Gasteiger partial charge in [-0.2, -0.15) is 0 Å². The molecule has 0 aliphatic rings. The number of nitrogens with two attached hydrogens (primary N) is 1. The molecule has 7 heteroatoms. The maximum atomic E-state index is 10.3. The van der Waals surface area contributed by atoms with Gasteiger partial charge in [0.05, 0.1) is 0 Å². The number of carboxylic acid groups (broad SMARTS) is 2. The van der Waals surface area contributed by atoms with Crippen molar-refractivity contribution in [1.82, 2.24) is 9.97 Å². The van der Waals surface area contributed by atoms with E-state index in [1.54, 1.807) is 12.1 Å². The summed E-state index contributed by atoms with van der Waals surface area (Å²) in [6, 6.07) is 7.69. The minimum atomic E-state index is -1.05. The van der Waals surface area contributed by atoms with Gasteiger partial charge < -0.3 is 15.9 Å². The average Bonchev–Trinajstić information content (AvgIpc) is 2.40. The van der Waals surface area contributed by atoms with E-state index in [4.69, 9.17) is 15.9 Å². The van der Waals surface area contributed by atoms with Gasteiger partial charge in [0.1, 0.15) is 17.1 Å². The fourth-order valence-corrected chi connectivity index (χ4v) is 1.09. The molecule has 19 heavy (non-hydrogen) atoms. The molecule has 4 N–H and O–H groups in total. The van der Waals surface area contributed by atoms with Crippen LogP contribution < -0.4 is 5.73 Å². The second-order valence-electron chi connectivity index (χ2n) is 3.26. The van der Waals surface area contributed by atoms with E-state index in [9.17, 15) is 9.59 Å². The molecule has 98 valence electrons. The topological polar surface area (TPSA) is 126 Å². The Morgan fingerprint density at radius 1 is 0.947 bits per heavy atom. The van der Waals surface area contributed by atoms with Gasteiger partial charge in [0.2, 0.25) is 0 Å². The minimum absolute atomic E-state index is 0.0440. The summed E-state index contributed by atoms with van der Waals surface area (Å²) >= 11 is 0. The van der Waals surface area contributed by atoms with Gasteiger partial charge >= 0.3 is 11.9 Å². The van der Waals surface area contributed by atoms with Crippen LogP contribution in [0, 0.1) is 0 Å². The van der Waals surface area contributed by atoms with E-state index in [0.29, 0.717) is 0 Å². The highest BCUT2D eigenvalue weighted by molar-refractivity contribution is 5.92. The minimum Gasteiger partial charge on any atom is -0.478 e. The summed E-state index contributed by atoms with van der Waals surface area (Å²) in [5, 5.41) is 16.8. The molecule has 2 heterocycles. The molecule has 0 fully saturated rings. The normalized spacial score (nSPS) is 9.05. The van der Waals surface area contributed by atoms with Crippen molar-refractivity contribution in [3.05, 3.63) is 54.0 Å². The third-order valence-electron chi connectivity index (χ3n) is 1.95. The first-order chi connectivity index (χ1) is 9.02. The van der Waals surface area contributed by atoms with Crippen LogP contribution in [-0.4, -0.2) is 32.1 Å². The zero-order valence-corrected chi connectivity index (χ0v) is 9.72. The molecule has 0 saturated carbocycles. The van der Waals surface area contributed by atoms with Crippen LogP contribution in [0.4, 0.5) is 5.82 Å². The van der Waals surface area contributed by atoms with Crippen molar-refractivity contribution in [2.24, 2.45) is 0 Å². The summed E-state index contributed by atoms with van der Waals surface area (Å²) in [6.07, 6.45) is 2.89. The number of hydrogen-bond acceptors (Lipinski definition) is 5. The number of aromatic carboxylic acids is 2. The second kappa shape index (κ2) is 6.70. The Morgan fingerprint density at radius 2 is 1.63 bits per heavy atom. The number of nitrogen functional groups attached to an aromatic ring is 1. The lowest BCUT2D eigenvalue weighted by atomic mass is 10.3. The molecule has 0 radical (unpaired) electrons. The predicted molar refractivity (Wildman–Crippen MR) is 66.8 cm³/mol. The summed E-state index contributed by atoms with van der Waals surface area (Å²) < 4.78 is 0. The number of carboxylic acids is 2. The van der Waals surface area contributed by atoms with E-state index in [1.165, 1.54) is 30.6 Å². The first-order valence-corrected chi connectivity index (χ1v) is 5.10. The van der Waals surface area contributed by atoms with E-state index in [0.717, 1.165) is 0 Å². The lowest BCUT2D eigenvalue weighted by molar-refractivity contribution is 0.0682. The SMILES string of the molecule is Nc1ncccc1C(=O)O.O=C(O)c1ccccn1. The molecule has 2 aromatic heterocycles. The van der Waals surface area contributed by atoms with Crippen LogP contribution in [0.3, 0.4) is 0 Å². The van der Waals surface area contributed by atoms with Crippen molar-refractivity contribution >= 4 is 17.8 Å². The monoisotopic (exact) mass is 261 g/mol. The Hall–Kier alpha value is -2.96. The van der Waals surface area contributed by atoms with Crippen LogP contribution in [0.5, 0.6) is 0 Å². The van der Waals surface area contributed by atoms with Crippen molar-refractivity contribution in [3.63, 3.8) is 0 Å². The van der Waals surface area contributed by atoms with Crippen molar-refractivity contribution in [2.75, 3.05) is 5.73 Å². The Morgan fingerprint density at radius 3 is 2.00 bits per heavy atom. The molecular formula is C12H11N3O4. The van der Waals surface area contributed by atoms with Gasteiger partial charge in [0.15, 0.2) is 0 Å². The summed E-state index contributed by atoms with van der Waals surface area (Å²) in [5.41, 5.74) is 5.35. The average molecular weight is 261 g/mol. The molecule has 7 nitrogen and oxygen atoms in total. The van der Waals surface area contributed by atoms with Crippen LogP contribution in [0.1, 0.15) is 20.8 Å². The van der Waals surface area contributed by atoms with Crippen molar-refractivity contribution in [3.8, 4) is 0 Å². The maximum absolute atomic E-state index is 10.3. The number of nitrogens with zero attached hydrogens (tertiary/aromatic N) is 2. The van der Waals surface area contributed by atoms with E-state index in [-0.39, 0.29) is 17.1 Å². The lowest BCUT2D eigenvalue weighted by Gasteiger charge is -1.95. The lowest BCUT2D eigenvalue weighted by Crippen LogP contribution is -2.03. The molecule has 0 aromatic carbocycles. The zero-order valence-electron chi connectivity index (χ0n) is 9.72. The van der Waals surface area contributed by atoms with Crippen LogP contribution in [0.2, 0.25) is 0 Å². The van der Waals surface area contributed by atoms with Crippen molar-refractivity contribution in [2.45, 2.75) is 0 Å². The van der Waals surface area contributed by atoms with Gasteiger partial charge in [-0.25, -0.2) is 19.6 Å². The van der Waals surface area contributed by atoms with Crippen LogP contribution in [-0.2, 0) is 0 Å². The third-order valence-corrected chi connectivity index (χ3v) is 1.95. The standard InChI is InChI=1S/C6H6N2O2.C6H5NO2/c7-5-4(6(9)10)2-1-3-8-5;8-6(9)5-3-1-2-4-7-5/h1-3H,(H2,7,8)(H,9,10);1-4H,(H,8,9). The van der Waals surface area contributed by atoms with Crippen molar-refractivity contribution < 1.29 is 19.8 Å². The highest BCUT2D eigenvalue weighted by atomic mass is 16.4. The molecule has 2 aromatic rings. The smallest absolute Gasteiger partial charge is 0.354 e. The van der Waals surface area contributed by atoms with E-state index in [1.807, 2.05) is 0 Å². The summed E-state index contributed by atoms with van der Waals surface area (Å²) in [6.45, 7) is 0. The molecule has 0 amide bonds. The van der Waals surface area contributed by atoms with Gasteiger partial charge in [-0.15, -0.1) is 0 Å². The molecule has 0 aliphatic carbocycles. The van der Waals surface area contributed by atoms with E-state index in [2.05, 4.69) is 9.97 Å². The van der Waals surface area contributed by atoms with Gasteiger partial charge in [0.25, 0.3) is 0 Å². The quantitative estimate of drug-likeness (QED) is 0.739. The van der Waals surface area contributed by atoms with Gasteiger partial charge in [-0.1, -0.05) is 6.07 Å². The van der Waals surface area contributed by atoms with E-state index >= 15 is 0 Å². The van der Waals surface area contributed by atoms with Crippen molar-refractivity contribution in [1.29, 1.82) is 0 Å². The Kier molecular flexibility index (Phi) is 4.97. The number of pyridine rings is 2. The maximum Gasteiger partial charge on any atom is 0.354 e. The van der Waals surface area contributed by atoms with Gasteiger partial charge in [-0.05, 0) is 24.3 Å². The highest BCUT2D eigenvalue weighted by Crippen LogP contribution is 2.05. The highest BCUT2D eigenvalue weighted by Gasteiger charge is 2.05. The molecule has 2 rings (SSSR count). The van der Waals surface area contributed by atoms with Crippen LogP contribution in [0.25, 0.3) is 0 Å². The Balaban J connectivity index is 0.000000191. The number of hydrogen-bond donors (Lipinski definition) is 3.